The molecule has 2 nitrogen and oxygen atoms in total. The summed E-state index contributed by atoms with van der Waals surface area (Å²) in [4.78, 5) is 11.7. The lowest BCUT2D eigenvalue weighted by Gasteiger charge is -2.16. The van der Waals surface area contributed by atoms with Gasteiger partial charge in [0.2, 0.25) is 0 Å². The van der Waals surface area contributed by atoms with Gasteiger partial charge in [-0.1, -0.05) is 32.9 Å². The number of ketones is 1. The van der Waals surface area contributed by atoms with Gasteiger partial charge in [-0.05, 0) is 30.5 Å². The van der Waals surface area contributed by atoms with Gasteiger partial charge in [0.25, 0.3) is 0 Å². The van der Waals surface area contributed by atoms with Crippen LogP contribution in [0.15, 0.2) is 24.3 Å². The molecule has 0 aliphatic heterocycles. The predicted molar refractivity (Wildman–Crippen MR) is 70.5 cm³/mol. The Balaban J connectivity index is 2.45. The van der Waals surface area contributed by atoms with Gasteiger partial charge in [-0.2, -0.15) is 0 Å². The standard InChI is InChI=1S/C15H19F3O2/c1-14(2,3)13(19)6-4-5-11-7-9-12(10-8-11)20-15(16,17)18/h7-10H,4-6H2,1-3H3. The SMILES string of the molecule is CC(C)(C)C(=O)CCCc1ccc(OC(F)(F)F)cc1. The third-order valence-electron chi connectivity index (χ3n) is 2.86. The molecule has 0 saturated heterocycles. The summed E-state index contributed by atoms with van der Waals surface area (Å²) in [6.07, 6.45) is -2.84. The minimum Gasteiger partial charge on any atom is -0.406 e. The van der Waals surface area contributed by atoms with Crippen LogP contribution in [0.5, 0.6) is 5.75 Å². The molecule has 0 bridgehead atoms. The van der Waals surface area contributed by atoms with Crippen molar-refractivity contribution in [2.24, 2.45) is 5.41 Å². The number of hydrogen-bond donors (Lipinski definition) is 0. The first kappa shape index (κ1) is 16.5. The number of alkyl halides is 3. The molecule has 0 saturated carbocycles. The number of Topliss-reactive ketones (excluding diaryl/α,β-unsaturated/α-hetero) is 1. The molecule has 0 spiro atoms. The maximum absolute atomic E-state index is 12.0. The molecule has 1 rings (SSSR count). The first-order valence-electron chi connectivity index (χ1n) is 6.46. The zero-order chi connectivity index (χ0) is 15.4. The van der Waals surface area contributed by atoms with Gasteiger partial charge >= 0.3 is 6.36 Å². The summed E-state index contributed by atoms with van der Waals surface area (Å²) >= 11 is 0. The van der Waals surface area contributed by atoms with E-state index in [1.54, 1.807) is 12.1 Å². The average molecular weight is 288 g/mol. The van der Waals surface area contributed by atoms with Gasteiger partial charge < -0.3 is 4.74 Å². The van der Waals surface area contributed by atoms with E-state index < -0.39 is 6.36 Å². The van der Waals surface area contributed by atoms with Crippen LogP contribution in [-0.2, 0) is 11.2 Å². The Hall–Kier alpha value is -1.52. The van der Waals surface area contributed by atoms with E-state index in [2.05, 4.69) is 4.74 Å². The number of rotatable bonds is 5. The number of carbonyl (C=O) groups excluding carboxylic acids is 1. The summed E-state index contributed by atoms with van der Waals surface area (Å²) in [7, 11) is 0. The largest absolute Gasteiger partial charge is 0.573 e. The van der Waals surface area contributed by atoms with E-state index in [0.717, 1.165) is 5.56 Å². The van der Waals surface area contributed by atoms with Gasteiger partial charge in [-0.25, -0.2) is 0 Å². The van der Waals surface area contributed by atoms with Crippen LogP contribution in [-0.4, -0.2) is 12.1 Å². The van der Waals surface area contributed by atoms with Gasteiger partial charge in [-0.15, -0.1) is 13.2 Å². The molecule has 0 N–H and O–H groups in total. The molecule has 0 amide bonds. The molecule has 112 valence electrons. The van der Waals surface area contributed by atoms with E-state index in [9.17, 15) is 18.0 Å². The minimum atomic E-state index is -4.67. The molecule has 0 unspecified atom stereocenters. The van der Waals surface area contributed by atoms with Crippen LogP contribution in [0.2, 0.25) is 0 Å². The molecule has 0 aliphatic carbocycles. The van der Waals surface area contributed by atoms with Gasteiger partial charge in [0.05, 0.1) is 0 Å². The highest BCUT2D eigenvalue weighted by Gasteiger charge is 2.30. The maximum Gasteiger partial charge on any atom is 0.573 e. The van der Waals surface area contributed by atoms with Crippen molar-refractivity contribution in [1.82, 2.24) is 0 Å². The second-order valence-corrected chi connectivity index (χ2v) is 5.72. The van der Waals surface area contributed by atoms with Crippen molar-refractivity contribution in [2.45, 2.75) is 46.4 Å². The number of aryl methyl sites for hydroxylation is 1. The normalized spacial score (nSPS) is 12.3. The monoisotopic (exact) mass is 288 g/mol. The second-order valence-electron chi connectivity index (χ2n) is 5.72. The molecule has 1 aromatic carbocycles. The Labute approximate surface area is 116 Å². The molecule has 5 heteroatoms. The number of halogens is 3. The van der Waals surface area contributed by atoms with Crippen LogP contribution in [0, 0.1) is 5.41 Å². The van der Waals surface area contributed by atoms with Crippen molar-refractivity contribution >= 4 is 5.78 Å². The molecular formula is C15H19F3O2. The summed E-state index contributed by atoms with van der Waals surface area (Å²) in [5.41, 5.74) is 0.547. The molecule has 0 aliphatic rings. The van der Waals surface area contributed by atoms with Crippen LogP contribution >= 0.6 is 0 Å². The predicted octanol–water partition coefficient (Wildman–Crippen LogP) is 4.52. The van der Waals surface area contributed by atoms with E-state index in [1.165, 1.54) is 12.1 Å². The Morgan fingerprint density at radius 2 is 1.65 bits per heavy atom. The Morgan fingerprint density at radius 1 is 1.10 bits per heavy atom. The molecule has 0 radical (unpaired) electrons. The molecule has 20 heavy (non-hydrogen) atoms. The van der Waals surface area contributed by atoms with Crippen molar-refractivity contribution < 1.29 is 22.7 Å². The minimum absolute atomic E-state index is 0.189. The molecule has 0 aromatic heterocycles. The lowest BCUT2D eigenvalue weighted by atomic mass is 9.87. The zero-order valence-electron chi connectivity index (χ0n) is 11.9. The van der Waals surface area contributed by atoms with Crippen molar-refractivity contribution in [1.29, 1.82) is 0 Å². The number of benzene rings is 1. The van der Waals surface area contributed by atoms with Crippen LogP contribution in [0.3, 0.4) is 0 Å². The molecule has 1 aromatic rings. The smallest absolute Gasteiger partial charge is 0.406 e. The van der Waals surface area contributed by atoms with E-state index in [4.69, 9.17) is 0 Å². The molecule has 0 fully saturated rings. The van der Waals surface area contributed by atoms with Crippen LogP contribution in [0.25, 0.3) is 0 Å². The second kappa shape index (κ2) is 6.29. The highest BCUT2D eigenvalue weighted by Crippen LogP contribution is 2.23. The molecular weight excluding hydrogens is 269 g/mol. The van der Waals surface area contributed by atoms with E-state index in [0.29, 0.717) is 19.3 Å². The highest BCUT2D eigenvalue weighted by molar-refractivity contribution is 5.83. The first-order valence-corrected chi connectivity index (χ1v) is 6.46. The fourth-order valence-corrected chi connectivity index (χ4v) is 1.69. The van der Waals surface area contributed by atoms with Crippen molar-refractivity contribution in [3.63, 3.8) is 0 Å². The quantitative estimate of drug-likeness (QED) is 0.796. The lowest BCUT2D eigenvalue weighted by Crippen LogP contribution is -2.19. The van der Waals surface area contributed by atoms with Crippen molar-refractivity contribution in [2.75, 3.05) is 0 Å². The maximum atomic E-state index is 12.0. The van der Waals surface area contributed by atoms with E-state index >= 15 is 0 Å². The van der Waals surface area contributed by atoms with Crippen molar-refractivity contribution in [3.8, 4) is 5.75 Å². The van der Waals surface area contributed by atoms with E-state index in [-0.39, 0.29) is 16.9 Å². The number of carbonyl (C=O) groups is 1. The van der Waals surface area contributed by atoms with Gasteiger partial charge in [0, 0.05) is 11.8 Å². The zero-order valence-corrected chi connectivity index (χ0v) is 11.9. The van der Waals surface area contributed by atoms with Crippen molar-refractivity contribution in [3.05, 3.63) is 29.8 Å². The summed E-state index contributed by atoms with van der Waals surface area (Å²) < 4.78 is 39.7. The topological polar surface area (TPSA) is 26.3 Å². The Kier molecular flexibility index (Phi) is 5.20. The summed E-state index contributed by atoms with van der Waals surface area (Å²) in [6.45, 7) is 5.62. The van der Waals surface area contributed by atoms with E-state index in [1.807, 2.05) is 20.8 Å². The van der Waals surface area contributed by atoms with Gasteiger partial charge in [0.1, 0.15) is 11.5 Å². The summed E-state index contributed by atoms with van der Waals surface area (Å²) in [5.74, 6) is -0.0402. The molecule has 0 atom stereocenters. The van der Waals surface area contributed by atoms with Crippen LogP contribution in [0.4, 0.5) is 13.2 Å². The fourth-order valence-electron chi connectivity index (χ4n) is 1.69. The summed E-state index contributed by atoms with van der Waals surface area (Å²) in [6, 6.07) is 5.74. The first-order chi connectivity index (χ1) is 9.08. The third-order valence-corrected chi connectivity index (χ3v) is 2.86. The Bertz CT molecular complexity index is 442. The fraction of sp³-hybridized carbons (Fsp3) is 0.533. The van der Waals surface area contributed by atoms with Gasteiger partial charge in [-0.3, -0.25) is 4.79 Å². The molecule has 0 heterocycles. The number of ether oxygens (including phenoxy) is 1. The van der Waals surface area contributed by atoms with Crippen LogP contribution < -0.4 is 4.74 Å². The summed E-state index contributed by atoms with van der Waals surface area (Å²) in [5, 5.41) is 0. The lowest BCUT2D eigenvalue weighted by molar-refractivity contribution is -0.274. The highest BCUT2D eigenvalue weighted by atomic mass is 19.4. The third kappa shape index (κ3) is 6.08. The average Bonchev–Trinajstić information content (AvgIpc) is 2.28. The van der Waals surface area contributed by atoms with Gasteiger partial charge in [0.15, 0.2) is 0 Å². The number of hydrogen-bond acceptors (Lipinski definition) is 2. The van der Waals surface area contributed by atoms with Crippen LogP contribution in [0.1, 0.15) is 39.2 Å². The Morgan fingerprint density at radius 3 is 2.10 bits per heavy atom.